The zero-order valence-corrected chi connectivity index (χ0v) is 16.1. The smallest absolute Gasteiger partial charge is 0.352 e. The zero-order valence-electron chi connectivity index (χ0n) is 16.1. The Hall–Kier alpha value is -2.63. The molecule has 3 aromatic rings. The maximum absolute atomic E-state index is 12.2. The van der Waals surface area contributed by atoms with E-state index in [0.717, 1.165) is 53.6 Å². The molecule has 5 nitrogen and oxygen atoms in total. The van der Waals surface area contributed by atoms with Crippen molar-refractivity contribution in [2.75, 3.05) is 13.2 Å². The predicted octanol–water partition coefficient (Wildman–Crippen LogP) is 3.96. The Bertz CT molecular complexity index is 987. The zero-order chi connectivity index (χ0) is 19.5. The Morgan fingerprint density at radius 3 is 2.75 bits per heavy atom. The lowest BCUT2D eigenvalue weighted by Gasteiger charge is -2.13. The molecule has 0 radical (unpaired) electrons. The summed E-state index contributed by atoms with van der Waals surface area (Å²) in [6.45, 7) is 4.69. The van der Waals surface area contributed by atoms with Gasteiger partial charge in [-0.2, -0.15) is 0 Å². The number of para-hydroxylation sites is 1. The van der Waals surface area contributed by atoms with Gasteiger partial charge in [0, 0.05) is 42.7 Å². The van der Waals surface area contributed by atoms with Gasteiger partial charge in [-0.1, -0.05) is 42.5 Å². The summed E-state index contributed by atoms with van der Waals surface area (Å²) >= 11 is 0. The number of carbonyl (C=O) groups is 1. The van der Waals surface area contributed by atoms with Crippen molar-refractivity contribution in [1.29, 1.82) is 0 Å². The number of aromatic nitrogens is 1. The number of aromatic carboxylic acids is 1. The quantitative estimate of drug-likeness (QED) is 0.653. The Balaban J connectivity index is 1.70. The van der Waals surface area contributed by atoms with Crippen LogP contribution in [0.4, 0.5) is 0 Å². The van der Waals surface area contributed by atoms with Gasteiger partial charge < -0.3 is 19.7 Å². The van der Waals surface area contributed by atoms with E-state index in [9.17, 15) is 9.90 Å². The Labute approximate surface area is 164 Å². The molecule has 0 spiro atoms. The fourth-order valence-corrected chi connectivity index (χ4v) is 4.08. The molecule has 1 unspecified atom stereocenters. The lowest BCUT2D eigenvalue weighted by molar-refractivity contribution is 0.0684. The number of hydrogen-bond donors (Lipinski definition) is 2. The van der Waals surface area contributed by atoms with E-state index in [1.165, 1.54) is 0 Å². The number of ether oxygens (including phenoxy) is 1. The van der Waals surface area contributed by atoms with E-state index in [2.05, 4.69) is 24.4 Å². The van der Waals surface area contributed by atoms with Gasteiger partial charge in [-0.15, -0.1) is 0 Å². The second-order valence-corrected chi connectivity index (χ2v) is 7.43. The van der Waals surface area contributed by atoms with Crippen LogP contribution in [-0.2, 0) is 17.8 Å². The number of carboxylic acids is 1. The number of fused-ring (bicyclic) bond motifs is 1. The van der Waals surface area contributed by atoms with Crippen LogP contribution in [0, 0.1) is 6.92 Å². The minimum absolute atomic E-state index is 0.230. The fourth-order valence-electron chi connectivity index (χ4n) is 4.08. The summed E-state index contributed by atoms with van der Waals surface area (Å²) < 4.78 is 7.60. The molecule has 0 bridgehead atoms. The first kappa shape index (κ1) is 18.7. The van der Waals surface area contributed by atoms with Gasteiger partial charge >= 0.3 is 5.97 Å². The molecule has 1 fully saturated rings. The highest BCUT2D eigenvalue weighted by molar-refractivity contribution is 5.98. The SMILES string of the molecule is Cc1ccccc1Cn1c(C(=O)O)c(CNCC2CCCO2)c2ccccc21. The van der Waals surface area contributed by atoms with Gasteiger partial charge in [-0.05, 0) is 37.0 Å². The monoisotopic (exact) mass is 378 g/mol. The van der Waals surface area contributed by atoms with Gasteiger partial charge in [0.05, 0.1) is 6.10 Å². The molecule has 1 atom stereocenters. The summed E-state index contributed by atoms with van der Waals surface area (Å²) in [5.74, 6) is -0.890. The molecule has 4 rings (SSSR count). The lowest BCUT2D eigenvalue weighted by Crippen LogP contribution is -2.26. The number of benzene rings is 2. The molecule has 0 amide bonds. The average molecular weight is 378 g/mol. The summed E-state index contributed by atoms with van der Waals surface area (Å²) in [6.07, 6.45) is 2.39. The van der Waals surface area contributed by atoms with Crippen LogP contribution < -0.4 is 5.32 Å². The fraction of sp³-hybridized carbons (Fsp3) is 0.348. The van der Waals surface area contributed by atoms with E-state index in [-0.39, 0.29) is 6.10 Å². The molecule has 2 aromatic carbocycles. The highest BCUT2D eigenvalue weighted by Crippen LogP contribution is 2.28. The van der Waals surface area contributed by atoms with Crippen LogP contribution in [0.2, 0.25) is 0 Å². The van der Waals surface area contributed by atoms with Crippen LogP contribution >= 0.6 is 0 Å². The second-order valence-electron chi connectivity index (χ2n) is 7.43. The Kier molecular flexibility index (Phi) is 5.46. The molecule has 2 heterocycles. The first-order valence-corrected chi connectivity index (χ1v) is 9.85. The van der Waals surface area contributed by atoms with Gasteiger partial charge in [0.25, 0.3) is 0 Å². The predicted molar refractivity (Wildman–Crippen MR) is 110 cm³/mol. The van der Waals surface area contributed by atoms with E-state index in [0.29, 0.717) is 18.8 Å². The molecule has 146 valence electrons. The topological polar surface area (TPSA) is 63.5 Å². The first-order chi connectivity index (χ1) is 13.6. The van der Waals surface area contributed by atoms with Crippen molar-refractivity contribution in [3.8, 4) is 0 Å². The number of carboxylic acid groups (broad SMARTS) is 1. The van der Waals surface area contributed by atoms with Crippen LogP contribution in [0.1, 0.15) is 40.0 Å². The van der Waals surface area contributed by atoms with Gasteiger partial charge in [-0.25, -0.2) is 4.79 Å². The molecular formula is C23H26N2O3. The van der Waals surface area contributed by atoms with E-state index in [4.69, 9.17) is 4.74 Å². The summed E-state index contributed by atoms with van der Waals surface area (Å²) in [5.41, 5.74) is 4.45. The summed E-state index contributed by atoms with van der Waals surface area (Å²) in [6, 6.07) is 16.1. The number of aryl methyl sites for hydroxylation is 1. The van der Waals surface area contributed by atoms with Crippen molar-refractivity contribution in [2.24, 2.45) is 0 Å². The number of rotatable bonds is 7. The van der Waals surface area contributed by atoms with Gasteiger partial charge in [0.15, 0.2) is 0 Å². The summed E-state index contributed by atoms with van der Waals surface area (Å²) in [4.78, 5) is 12.2. The maximum Gasteiger partial charge on any atom is 0.352 e. The summed E-state index contributed by atoms with van der Waals surface area (Å²) in [7, 11) is 0. The van der Waals surface area contributed by atoms with E-state index < -0.39 is 5.97 Å². The van der Waals surface area contributed by atoms with Crippen LogP contribution in [0.3, 0.4) is 0 Å². The van der Waals surface area contributed by atoms with Crippen molar-refractivity contribution in [3.05, 3.63) is 70.9 Å². The third-order valence-corrected chi connectivity index (χ3v) is 5.57. The van der Waals surface area contributed by atoms with Crippen LogP contribution in [-0.4, -0.2) is 34.9 Å². The van der Waals surface area contributed by atoms with Crippen LogP contribution in [0.15, 0.2) is 48.5 Å². The third kappa shape index (κ3) is 3.68. The molecule has 0 saturated carbocycles. The van der Waals surface area contributed by atoms with Crippen molar-refractivity contribution in [1.82, 2.24) is 9.88 Å². The van der Waals surface area contributed by atoms with Crippen LogP contribution in [0.5, 0.6) is 0 Å². The average Bonchev–Trinajstić information content (AvgIpc) is 3.31. The maximum atomic E-state index is 12.2. The van der Waals surface area contributed by atoms with Crippen molar-refractivity contribution >= 4 is 16.9 Å². The minimum atomic E-state index is -0.890. The highest BCUT2D eigenvalue weighted by Gasteiger charge is 2.23. The molecule has 5 heteroatoms. The molecule has 1 aliphatic rings. The Morgan fingerprint density at radius 2 is 2.00 bits per heavy atom. The first-order valence-electron chi connectivity index (χ1n) is 9.85. The molecule has 28 heavy (non-hydrogen) atoms. The highest BCUT2D eigenvalue weighted by atomic mass is 16.5. The minimum Gasteiger partial charge on any atom is -0.477 e. The molecule has 1 aliphatic heterocycles. The van der Waals surface area contributed by atoms with E-state index >= 15 is 0 Å². The van der Waals surface area contributed by atoms with E-state index in [1.807, 2.05) is 41.0 Å². The van der Waals surface area contributed by atoms with Crippen molar-refractivity contribution < 1.29 is 14.6 Å². The molecule has 1 saturated heterocycles. The number of nitrogens with zero attached hydrogens (tertiary/aromatic N) is 1. The van der Waals surface area contributed by atoms with Crippen molar-refractivity contribution in [3.63, 3.8) is 0 Å². The largest absolute Gasteiger partial charge is 0.477 e. The van der Waals surface area contributed by atoms with Gasteiger partial charge in [0.2, 0.25) is 0 Å². The second kappa shape index (κ2) is 8.17. The lowest BCUT2D eigenvalue weighted by atomic mass is 10.1. The summed E-state index contributed by atoms with van der Waals surface area (Å²) in [5, 5.41) is 14.4. The van der Waals surface area contributed by atoms with Crippen LogP contribution in [0.25, 0.3) is 10.9 Å². The Morgan fingerprint density at radius 1 is 1.21 bits per heavy atom. The standard InChI is InChI=1S/C23H26N2O3/c1-16-7-2-3-8-17(16)15-25-21-11-5-4-10-19(21)20(22(25)23(26)27)14-24-13-18-9-6-12-28-18/h2-5,7-8,10-11,18,24H,6,9,12-15H2,1H3,(H,26,27). The number of hydrogen-bond acceptors (Lipinski definition) is 3. The third-order valence-electron chi connectivity index (χ3n) is 5.57. The van der Waals surface area contributed by atoms with Gasteiger partial charge in [0.1, 0.15) is 5.69 Å². The molecule has 2 N–H and O–H groups in total. The molecule has 1 aromatic heterocycles. The molecular weight excluding hydrogens is 352 g/mol. The van der Waals surface area contributed by atoms with E-state index in [1.54, 1.807) is 0 Å². The normalized spacial score (nSPS) is 16.7. The number of nitrogens with one attached hydrogen (secondary N) is 1. The molecule has 0 aliphatic carbocycles. The van der Waals surface area contributed by atoms with Gasteiger partial charge in [-0.3, -0.25) is 0 Å². The van der Waals surface area contributed by atoms with Crippen molar-refractivity contribution in [2.45, 2.75) is 39.0 Å².